The van der Waals surface area contributed by atoms with Gasteiger partial charge in [0.25, 0.3) is 5.91 Å². The summed E-state index contributed by atoms with van der Waals surface area (Å²) in [7, 11) is 19.2. The minimum Gasteiger partial charge on any atom is -0.392 e. The highest BCUT2D eigenvalue weighted by Crippen LogP contribution is 2.37. The Morgan fingerprint density at radius 2 is 1.84 bits per heavy atom. The number of carbonyl (C=O) groups is 3. The lowest BCUT2D eigenvalue weighted by Gasteiger charge is -2.40. The van der Waals surface area contributed by atoms with Crippen molar-refractivity contribution >= 4 is 46.9 Å². The molecule has 2 N–H and O–H groups in total. The van der Waals surface area contributed by atoms with E-state index in [2.05, 4.69) is 15.5 Å². The first-order valence-electron chi connectivity index (χ1n) is 12.1. The Bertz CT molecular complexity index is 1270. The number of benzene rings is 2. The van der Waals surface area contributed by atoms with Crippen LogP contribution in [0.3, 0.4) is 0 Å². The Morgan fingerprint density at radius 1 is 1.11 bits per heavy atom. The van der Waals surface area contributed by atoms with Crippen molar-refractivity contribution in [3.63, 3.8) is 0 Å². The predicted octanol–water partition coefficient (Wildman–Crippen LogP) is 0.475. The number of morpholine rings is 1. The number of piperidine rings is 1. The number of ether oxygens (including phenoxy) is 1. The van der Waals surface area contributed by atoms with Crippen LogP contribution >= 0.6 is 0 Å². The predicted molar refractivity (Wildman–Crippen MR) is 136 cm³/mol. The standard InChI is InChI=1S/C25H24B3FN4O4/c26-24(8-7-20(34)30-23(24)36)33-14-17-16(22(33)35)4-2-6-19(17)31-25(27,28)18-5-1-3-15(21(18)29)13-32-9-11-37-12-10-32/h1-6,31H,7-14H2,(H,30,34,36). The van der Waals surface area contributed by atoms with Crippen LogP contribution in [0.15, 0.2) is 36.4 Å². The lowest BCUT2D eigenvalue weighted by Crippen LogP contribution is -2.63. The van der Waals surface area contributed by atoms with Crippen LogP contribution in [0.5, 0.6) is 0 Å². The van der Waals surface area contributed by atoms with Crippen LogP contribution in [0, 0.1) is 5.82 Å². The highest BCUT2D eigenvalue weighted by Gasteiger charge is 2.48. The number of amides is 3. The van der Waals surface area contributed by atoms with Gasteiger partial charge in [-0.3, -0.25) is 24.6 Å². The van der Waals surface area contributed by atoms with Crippen molar-refractivity contribution in [1.82, 2.24) is 15.1 Å². The monoisotopic (exact) mass is 496 g/mol. The maximum atomic E-state index is 15.6. The molecular formula is C25H24B3FN4O4. The van der Waals surface area contributed by atoms with Gasteiger partial charge in [0, 0.05) is 55.0 Å². The van der Waals surface area contributed by atoms with Crippen molar-refractivity contribution in [2.45, 2.75) is 36.7 Å². The van der Waals surface area contributed by atoms with Gasteiger partial charge in [-0.1, -0.05) is 24.3 Å². The van der Waals surface area contributed by atoms with E-state index < -0.39 is 34.3 Å². The molecule has 2 aromatic carbocycles. The van der Waals surface area contributed by atoms with Crippen molar-refractivity contribution in [3.05, 3.63) is 64.5 Å². The number of imide groups is 1. The van der Waals surface area contributed by atoms with E-state index in [1.165, 1.54) is 11.0 Å². The number of rotatable bonds is 6. The quantitative estimate of drug-likeness (QED) is 0.447. The number of nitrogens with one attached hydrogen (secondary N) is 2. The van der Waals surface area contributed by atoms with Crippen molar-refractivity contribution in [1.29, 1.82) is 0 Å². The van der Waals surface area contributed by atoms with Gasteiger partial charge in [0.05, 0.1) is 34.3 Å². The molecule has 0 spiro atoms. The zero-order valence-corrected chi connectivity index (χ0v) is 20.3. The highest BCUT2D eigenvalue weighted by atomic mass is 19.1. The summed E-state index contributed by atoms with van der Waals surface area (Å²) in [5.41, 5.74) is 0.0989. The molecule has 6 radical (unpaired) electrons. The van der Waals surface area contributed by atoms with Crippen molar-refractivity contribution in [2.24, 2.45) is 0 Å². The summed E-state index contributed by atoms with van der Waals surface area (Å²) in [4.78, 5) is 40.7. The number of hydrogen-bond donors (Lipinski definition) is 2. The first-order valence-corrected chi connectivity index (χ1v) is 12.1. The average Bonchev–Trinajstić information content (AvgIpc) is 3.21. The highest BCUT2D eigenvalue weighted by molar-refractivity contribution is 6.41. The lowest BCUT2D eigenvalue weighted by atomic mass is 9.57. The van der Waals surface area contributed by atoms with Crippen LogP contribution in [0.25, 0.3) is 0 Å². The fourth-order valence-corrected chi connectivity index (χ4v) is 5.06. The zero-order valence-electron chi connectivity index (χ0n) is 20.3. The fraction of sp³-hybridized carbons (Fsp3) is 0.400. The molecule has 184 valence electrons. The molecule has 37 heavy (non-hydrogen) atoms. The summed E-state index contributed by atoms with van der Waals surface area (Å²) >= 11 is 0. The minimum absolute atomic E-state index is 0.000974. The maximum Gasteiger partial charge on any atom is 0.254 e. The minimum atomic E-state index is -1.81. The smallest absolute Gasteiger partial charge is 0.254 e. The second-order valence-electron chi connectivity index (χ2n) is 9.69. The number of nitrogens with zero attached hydrogens (tertiary/aromatic N) is 2. The topological polar surface area (TPSA) is 91.0 Å². The second-order valence-corrected chi connectivity index (χ2v) is 9.69. The molecular weight excluding hydrogens is 472 g/mol. The molecule has 2 fully saturated rings. The van der Waals surface area contributed by atoms with Gasteiger partial charge in [-0.15, -0.1) is 0 Å². The SMILES string of the molecule is [B]C([B])(Nc1cccc2c1CN(C1([B])CCC(=O)NC1=O)C2=O)c1cccc(CN2CCOCC2)c1F. The summed E-state index contributed by atoms with van der Waals surface area (Å²) in [5.74, 6) is -2.14. The Morgan fingerprint density at radius 3 is 2.57 bits per heavy atom. The van der Waals surface area contributed by atoms with Crippen LogP contribution in [0.4, 0.5) is 10.1 Å². The molecule has 0 aromatic heterocycles. The molecule has 8 nitrogen and oxygen atoms in total. The van der Waals surface area contributed by atoms with E-state index >= 15 is 4.39 Å². The van der Waals surface area contributed by atoms with E-state index in [1.54, 1.807) is 30.3 Å². The van der Waals surface area contributed by atoms with E-state index in [0.717, 1.165) is 0 Å². The molecule has 3 aliphatic heterocycles. The summed E-state index contributed by atoms with van der Waals surface area (Å²) in [6.45, 7) is 2.98. The molecule has 0 saturated carbocycles. The molecule has 2 saturated heterocycles. The van der Waals surface area contributed by atoms with Crippen LogP contribution < -0.4 is 10.6 Å². The van der Waals surface area contributed by atoms with E-state index in [0.29, 0.717) is 55.2 Å². The Kier molecular flexibility index (Phi) is 6.66. The number of hydrogen-bond acceptors (Lipinski definition) is 6. The van der Waals surface area contributed by atoms with Crippen molar-refractivity contribution in [2.75, 3.05) is 31.6 Å². The molecule has 1 atom stereocenters. The first-order chi connectivity index (χ1) is 17.6. The molecule has 12 heteroatoms. The second kappa shape index (κ2) is 9.65. The maximum absolute atomic E-state index is 15.6. The molecule has 3 heterocycles. The largest absolute Gasteiger partial charge is 0.392 e. The Labute approximate surface area is 218 Å². The number of halogens is 1. The Hall–Kier alpha value is -3.11. The molecule has 3 aliphatic rings. The van der Waals surface area contributed by atoms with Crippen molar-refractivity contribution in [3.8, 4) is 0 Å². The molecule has 5 rings (SSSR count). The van der Waals surface area contributed by atoms with Gasteiger partial charge >= 0.3 is 0 Å². The van der Waals surface area contributed by atoms with E-state index in [4.69, 9.17) is 28.3 Å². The normalized spacial score (nSPS) is 22.6. The van der Waals surface area contributed by atoms with Gasteiger partial charge < -0.3 is 15.0 Å². The van der Waals surface area contributed by atoms with Crippen molar-refractivity contribution < 1.29 is 23.5 Å². The van der Waals surface area contributed by atoms with E-state index in [9.17, 15) is 14.4 Å². The molecule has 3 amide bonds. The lowest BCUT2D eigenvalue weighted by molar-refractivity contribution is -0.138. The van der Waals surface area contributed by atoms with Gasteiger partial charge in [-0.05, 0) is 29.5 Å². The third-order valence-corrected chi connectivity index (χ3v) is 7.19. The van der Waals surface area contributed by atoms with Crippen LogP contribution in [-0.2, 0) is 32.8 Å². The fourth-order valence-electron chi connectivity index (χ4n) is 5.06. The first kappa shape index (κ1) is 25.5. The third-order valence-electron chi connectivity index (χ3n) is 7.19. The van der Waals surface area contributed by atoms with Gasteiger partial charge in [-0.2, -0.15) is 0 Å². The van der Waals surface area contributed by atoms with Crippen LogP contribution in [0.1, 0.15) is 39.9 Å². The summed E-state index contributed by atoms with van der Waals surface area (Å²) in [5, 5.41) is 3.38. The van der Waals surface area contributed by atoms with Gasteiger partial charge in [0.15, 0.2) is 0 Å². The number of carbonyl (C=O) groups excluding carboxylic acids is 3. The zero-order chi connectivity index (χ0) is 26.4. The van der Waals surface area contributed by atoms with Gasteiger partial charge in [0.2, 0.25) is 11.8 Å². The van der Waals surface area contributed by atoms with Crippen LogP contribution in [0.2, 0.25) is 0 Å². The average molecular weight is 496 g/mol. The number of anilines is 1. The summed E-state index contributed by atoms with van der Waals surface area (Å²) in [6.07, 6.45) is 0.0152. The van der Waals surface area contributed by atoms with Gasteiger partial charge in [-0.25, -0.2) is 4.39 Å². The molecule has 0 bridgehead atoms. The summed E-state index contributed by atoms with van der Waals surface area (Å²) < 4.78 is 20.9. The molecule has 0 aliphatic carbocycles. The van der Waals surface area contributed by atoms with Crippen LogP contribution in [-0.4, -0.2) is 82.8 Å². The van der Waals surface area contributed by atoms with Gasteiger partial charge in [0.1, 0.15) is 13.7 Å². The number of fused-ring (bicyclic) bond motifs is 1. The van der Waals surface area contributed by atoms with E-state index in [-0.39, 0.29) is 24.9 Å². The third kappa shape index (κ3) is 4.68. The summed E-state index contributed by atoms with van der Waals surface area (Å²) in [6, 6.07) is 9.83. The molecule has 1 unspecified atom stereocenters. The molecule has 2 aromatic rings. The Balaban J connectivity index is 1.40. The van der Waals surface area contributed by atoms with E-state index in [1.807, 2.05) is 0 Å².